The number of anilines is 1. The number of rotatable bonds is 4. The van der Waals surface area contributed by atoms with Crippen LogP contribution in [-0.4, -0.2) is 34.2 Å². The van der Waals surface area contributed by atoms with E-state index in [0.717, 1.165) is 12.1 Å². The molecule has 1 saturated heterocycles. The maximum Gasteiger partial charge on any atom is 0.416 e. The van der Waals surface area contributed by atoms with Crippen LogP contribution < -0.4 is 16.3 Å². The lowest BCUT2D eigenvalue weighted by Crippen LogP contribution is -2.37. The lowest BCUT2D eigenvalue weighted by atomic mass is 9.94. The molecule has 0 bridgehead atoms. The Kier molecular flexibility index (Phi) is 6.19. The fourth-order valence-electron chi connectivity index (χ4n) is 5.24. The molecule has 41 heavy (non-hydrogen) atoms. The van der Waals surface area contributed by atoms with Gasteiger partial charge in [0.05, 0.1) is 47.5 Å². The van der Waals surface area contributed by atoms with Gasteiger partial charge >= 0.3 is 11.9 Å². The fraction of sp³-hybridized carbons (Fsp3) is 0.222. The van der Waals surface area contributed by atoms with Crippen molar-refractivity contribution in [3.05, 3.63) is 97.4 Å². The molecule has 2 amide bonds. The van der Waals surface area contributed by atoms with E-state index in [2.05, 4.69) is 10.6 Å². The third kappa shape index (κ3) is 4.36. The minimum atomic E-state index is -4.92. The summed E-state index contributed by atoms with van der Waals surface area (Å²) in [5.41, 5.74) is -1.87. The second-order valence-electron chi connectivity index (χ2n) is 9.74. The highest BCUT2D eigenvalue weighted by Crippen LogP contribution is 2.43. The number of nitrogens with zero attached hydrogens (tertiary/aromatic N) is 2. The third-order valence-electron chi connectivity index (χ3n) is 7.19. The Labute approximate surface area is 232 Å². The Morgan fingerprint density at radius 1 is 1.07 bits per heavy atom. The van der Waals surface area contributed by atoms with Crippen LogP contribution in [0.3, 0.4) is 0 Å². The van der Waals surface area contributed by atoms with E-state index in [1.807, 2.05) is 0 Å². The van der Waals surface area contributed by atoms with Gasteiger partial charge in [-0.05, 0) is 42.5 Å². The first kappa shape index (κ1) is 27.0. The summed E-state index contributed by atoms with van der Waals surface area (Å²) in [6.07, 6.45) is -4.92. The van der Waals surface area contributed by atoms with Gasteiger partial charge in [0.25, 0.3) is 11.8 Å². The number of hydrogen-bond acceptors (Lipinski definition) is 4. The molecule has 0 radical (unpaired) electrons. The van der Waals surface area contributed by atoms with E-state index in [0.29, 0.717) is 12.1 Å². The van der Waals surface area contributed by atoms with Crippen LogP contribution in [0.5, 0.6) is 0 Å². The van der Waals surface area contributed by atoms with Gasteiger partial charge in [-0.25, -0.2) is 13.6 Å². The largest absolute Gasteiger partial charge is 0.416 e. The van der Waals surface area contributed by atoms with Gasteiger partial charge in [0.2, 0.25) is 0 Å². The standard InChI is InChI=1S/C27H18ClF5N4O4/c1-36-23-19(37(26(36)40)15-9-41-10-15)8-18(34-24(38)11-4-12(27(31,32)33)6-14(30)5-11)20-21(23)25(39)35-22(20)16-7-13(29)2-3-17(16)28/h2-8,15,22H,9-10H2,1H3,(H,34,38)(H,35,39). The maximum atomic E-state index is 14.3. The van der Waals surface area contributed by atoms with Gasteiger partial charge in [0, 0.05) is 34.4 Å². The molecule has 2 N–H and O–H groups in total. The number of aryl methyl sites for hydroxylation is 1. The molecule has 3 heterocycles. The summed E-state index contributed by atoms with van der Waals surface area (Å²) in [5.74, 6) is -3.72. The highest BCUT2D eigenvalue weighted by Gasteiger charge is 2.39. The van der Waals surface area contributed by atoms with Gasteiger partial charge in [-0.1, -0.05) is 11.6 Å². The molecular weight excluding hydrogens is 575 g/mol. The van der Waals surface area contributed by atoms with Crippen LogP contribution in [0.15, 0.2) is 47.3 Å². The number of hydrogen-bond donors (Lipinski definition) is 2. The first-order valence-electron chi connectivity index (χ1n) is 12.2. The summed E-state index contributed by atoms with van der Waals surface area (Å²) >= 11 is 6.34. The Morgan fingerprint density at radius 2 is 1.80 bits per heavy atom. The Bertz CT molecular complexity index is 1840. The van der Waals surface area contributed by atoms with Crippen molar-refractivity contribution in [1.82, 2.24) is 14.5 Å². The number of aromatic nitrogens is 2. The van der Waals surface area contributed by atoms with Crippen molar-refractivity contribution < 1.29 is 36.3 Å². The molecule has 1 unspecified atom stereocenters. The number of carbonyl (C=O) groups is 2. The summed E-state index contributed by atoms with van der Waals surface area (Å²) in [4.78, 5) is 39.9. The van der Waals surface area contributed by atoms with Gasteiger partial charge in [-0.3, -0.25) is 18.7 Å². The lowest BCUT2D eigenvalue weighted by Gasteiger charge is -2.27. The molecule has 212 valence electrons. The maximum absolute atomic E-state index is 14.3. The average molecular weight is 593 g/mol. The van der Waals surface area contributed by atoms with Crippen molar-refractivity contribution in [2.45, 2.75) is 18.3 Å². The number of nitrogens with one attached hydrogen (secondary N) is 2. The number of benzene rings is 3. The molecule has 0 saturated carbocycles. The first-order chi connectivity index (χ1) is 19.3. The number of alkyl halides is 3. The zero-order chi connectivity index (χ0) is 29.4. The van der Waals surface area contributed by atoms with Crippen LogP contribution in [0.25, 0.3) is 11.0 Å². The summed E-state index contributed by atoms with van der Waals surface area (Å²) in [5, 5.41) is 5.27. The summed E-state index contributed by atoms with van der Waals surface area (Å²) in [7, 11) is 1.46. The minimum Gasteiger partial charge on any atom is -0.377 e. The summed E-state index contributed by atoms with van der Waals surface area (Å²) in [6, 6.07) is 4.79. The van der Waals surface area contributed by atoms with Gasteiger partial charge in [-0.15, -0.1) is 0 Å². The number of halogens is 6. The highest BCUT2D eigenvalue weighted by atomic mass is 35.5. The molecule has 1 fully saturated rings. The molecule has 4 aromatic rings. The number of carbonyl (C=O) groups excluding carboxylic acids is 2. The van der Waals surface area contributed by atoms with Crippen molar-refractivity contribution >= 4 is 40.1 Å². The summed E-state index contributed by atoms with van der Waals surface area (Å²) in [6.45, 7) is 0.435. The number of fused-ring (bicyclic) bond motifs is 3. The number of ether oxygens (including phenoxy) is 1. The van der Waals surface area contributed by atoms with Gasteiger partial charge in [-0.2, -0.15) is 13.2 Å². The van der Waals surface area contributed by atoms with Crippen LogP contribution in [-0.2, 0) is 18.0 Å². The summed E-state index contributed by atoms with van der Waals surface area (Å²) < 4.78 is 76.2. The molecule has 0 aliphatic carbocycles. The second-order valence-corrected chi connectivity index (χ2v) is 10.1. The zero-order valence-corrected chi connectivity index (χ0v) is 21.7. The normalized spacial score (nSPS) is 17.0. The monoisotopic (exact) mass is 592 g/mol. The van der Waals surface area contributed by atoms with E-state index < -0.39 is 52.5 Å². The van der Waals surface area contributed by atoms with Crippen molar-refractivity contribution in [1.29, 1.82) is 0 Å². The fourth-order valence-corrected chi connectivity index (χ4v) is 5.46. The van der Waals surface area contributed by atoms with E-state index in [-0.39, 0.29) is 63.8 Å². The Balaban J connectivity index is 1.58. The predicted octanol–water partition coefficient (Wildman–Crippen LogP) is 4.95. The predicted molar refractivity (Wildman–Crippen MR) is 137 cm³/mol. The molecule has 8 nitrogen and oxygen atoms in total. The van der Waals surface area contributed by atoms with Crippen LogP contribution in [0, 0.1) is 11.6 Å². The van der Waals surface area contributed by atoms with Crippen LogP contribution in [0.1, 0.15) is 49.5 Å². The molecule has 2 aliphatic heterocycles. The number of amides is 2. The molecule has 1 atom stereocenters. The van der Waals surface area contributed by atoms with E-state index >= 15 is 0 Å². The molecule has 6 rings (SSSR count). The minimum absolute atomic E-state index is 0.0167. The van der Waals surface area contributed by atoms with Crippen LogP contribution in [0.2, 0.25) is 5.02 Å². The molecule has 3 aromatic carbocycles. The van der Waals surface area contributed by atoms with Crippen molar-refractivity contribution in [3.8, 4) is 0 Å². The molecule has 2 aliphatic rings. The number of imidazole rings is 1. The lowest BCUT2D eigenvalue weighted by molar-refractivity contribution is -0.137. The highest BCUT2D eigenvalue weighted by molar-refractivity contribution is 6.31. The first-order valence-corrected chi connectivity index (χ1v) is 12.5. The molecular formula is C27H18ClF5N4O4. The van der Waals surface area contributed by atoms with Crippen molar-refractivity contribution in [3.63, 3.8) is 0 Å². The van der Waals surface area contributed by atoms with Crippen molar-refractivity contribution in [2.75, 3.05) is 18.5 Å². The molecule has 0 spiro atoms. The third-order valence-corrected chi connectivity index (χ3v) is 7.53. The Hall–Kier alpha value is -4.23. The van der Waals surface area contributed by atoms with E-state index in [1.54, 1.807) is 0 Å². The van der Waals surface area contributed by atoms with Crippen LogP contribution in [0.4, 0.5) is 27.6 Å². The average Bonchev–Trinajstić information content (AvgIpc) is 3.33. The van der Waals surface area contributed by atoms with Gasteiger partial charge in [0.1, 0.15) is 11.6 Å². The molecule has 14 heteroatoms. The topological polar surface area (TPSA) is 94.4 Å². The van der Waals surface area contributed by atoms with Gasteiger partial charge < -0.3 is 15.4 Å². The Morgan fingerprint density at radius 3 is 2.46 bits per heavy atom. The van der Waals surface area contributed by atoms with Gasteiger partial charge in [0.15, 0.2) is 0 Å². The second kappa shape index (κ2) is 9.42. The van der Waals surface area contributed by atoms with E-state index in [1.165, 1.54) is 28.3 Å². The van der Waals surface area contributed by atoms with E-state index in [9.17, 15) is 36.3 Å². The zero-order valence-electron chi connectivity index (χ0n) is 20.9. The molecule has 1 aromatic heterocycles. The van der Waals surface area contributed by atoms with Crippen LogP contribution >= 0.6 is 11.6 Å². The smallest absolute Gasteiger partial charge is 0.377 e. The van der Waals surface area contributed by atoms with E-state index in [4.69, 9.17) is 16.3 Å². The van der Waals surface area contributed by atoms with Crippen molar-refractivity contribution in [2.24, 2.45) is 7.05 Å². The quantitative estimate of drug-likeness (QED) is 0.328. The SMILES string of the molecule is Cn1c(=O)n(C2COC2)c2cc(NC(=O)c3cc(F)cc(C(F)(F)F)c3)c3c(c21)C(=O)NC3c1cc(F)ccc1Cl.